The third kappa shape index (κ3) is 4.46. The fraction of sp³-hybridized carbons (Fsp3) is 0.333. The van der Waals surface area contributed by atoms with E-state index in [1.165, 1.54) is 15.6 Å². The van der Waals surface area contributed by atoms with E-state index in [0.29, 0.717) is 12.0 Å². The molecule has 0 aromatic heterocycles. The van der Waals surface area contributed by atoms with Crippen LogP contribution in [0.2, 0.25) is 0 Å². The first kappa shape index (κ1) is 15.3. The minimum absolute atomic E-state index is 0.406. The number of hydrogen-bond acceptors (Lipinski definition) is 1. The highest BCUT2D eigenvalue weighted by molar-refractivity contribution is 9.10. The average molecular weight is 332 g/mol. The molecular weight excluding hydrogens is 310 g/mol. The lowest BCUT2D eigenvalue weighted by Crippen LogP contribution is -2.22. The Labute approximate surface area is 130 Å². The first-order valence-corrected chi connectivity index (χ1v) is 7.98. The monoisotopic (exact) mass is 331 g/mol. The van der Waals surface area contributed by atoms with Gasteiger partial charge in [0.25, 0.3) is 0 Å². The molecular formula is C18H22BrN. The van der Waals surface area contributed by atoms with Crippen molar-refractivity contribution in [2.75, 3.05) is 0 Å². The zero-order chi connectivity index (χ0) is 14.4. The maximum atomic E-state index is 3.69. The molecule has 0 amide bonds. The first-order chi connectivity index (χ1) is 9.66. The lowest BCUT2D eigenvalue weighted by atomic mass is 9.97. The van der Waals surface area contributed by atoms with Gasteiger partial charge in [-0.25, -0.2) is 0 Å². The quantitative estimate of drug-likeness (QED) is 0.754. The van der Waals surface area contributed by atoms with Gasteiger partial charge < -0.3 is 5.32 Å². The normalized spacial score (nSPS) is 12.6. The molecule has 2 heteroatoms. The van der Waals surface area contributed by atoms with E-state index in [-0.39, 0.29) is 0 Å². The zero-order valence-electron chi connectivity index (χ0n) is 12.1. The van der Waals surface area contributed by atoms with Crippen molar-refractivity contribution in [2.24, 2.45) is 5.92 Å². The molecule has 0 aliphatic heterocycles. The van der Waals surface area contributed by atoms with E-state index in [4.69, 9.17) is 0 Å². The molecule has 0 saturated carbocycles. The predicted octanol–water partition coefficient (Wildman–Crippen LogP) is 5.33. The van der Waals surface area contributed by atoms with Gasteiger partial charge in [-0.15, -0.1) is 0 Å². The predicted molar refractivity (Wildman–Crippen MR) is 89.6 cm³/mol. The molecule has 1 atom stereocenters. The van der Waals surface area contributed by atoms with Crippen LogP contribution in [0.5, 0.6) is 0 Å². The van der Waals surface area contributed by atoms with Gasteiger partial charge in [-0.2, -0.15) is 0 Å². The molecule has 0 fully saturated rings. The highest BCUT2D eigenvalue weighted by Gasteiger charge is 2.13. The molecule has 106 valence electrons. The number of benzene rings is 2. The molecule has 1 unspecified atom stereocenters. The van der Waals surface area contributed by atoms with Crippen LogP contribution in [0.15, 0.2) is 59.1 Å². The Morgan fingerprint density at radius 1 is 0.950 bits per heavy atom. The van der Waals surface area contributed by atoms with Crippen LogP contribution >= 0.6 is 15.9 Å². The maximum Gasteiger partial charge on any atom is 0.0325 e. The number of rotatable bonds is 6. The summed E-state index contributed by atoms with van der Waals surface area (Å²) in [6.07, 6.45) is 1.15. The molecule has 0 spiro atoms. The van der Waals surface area contributed by atoms with Gasteiger partial charge in [-0.3, -0.25) is 0 Å². The topological polar surface area (TPSA) is 12.0 Å². The van der Waals surface area contributed by atoms with Crippen molar-refractivity contribution < 1.29 is 0 Å². The Bertz CT molecular complexity index is 522. The van der Waals surface area contributed by atoms with Crippen molar-refractivity contribution in [3.05, 3.63) is 70.2 Å². The third-order valence-corrected chi connectivity index (χ3v) is 4.18. The van der Waals surface area contributed by atoms with Gasteiger partial charge >= 0.3 is 0 Å². The summed E-state index contributed by atoms with van der Waals surface area (Å²) in [7, 11) is 0. The first-order valence-electron chi connectivity index (χ1n) is 7.18. The van der Waals surface area contributed by atoms with Crippen molar-refractivity contribution in [2.45, 2.75) is 32.9 Å². The summed E-state index contributed by atoms with van der Waals surface area (Å²) in [5, 5.41) is 3.69. The fourth-order valence-corrected chi connectivity index (χ4v) is 2.79. The molecule has 2 rings (SSSR count). The van der Waals surface area contributed by atoms with Crippen molar-refractivity contribution in [1.82, 2.24) is 5.32 Å². The van der Waals surface area contributed by atoms with E-state index in [9.17, 15) is 0 Å². The molecule has 0 radical (unpaired) electrons. The van der Waals surface area contributed by atoms with Gasteiger partial charge in [-0.05, 0) is 29.5 Å². The molecule has 2 aromatic rings. The Hall–Kier alpha value is -1.12. The third-order valence-electron chi connectivity index (χ3n) is 3.41. The second-order valence-corrected chi connectivity index (χ2v) is 6.42. The molecule has 0 saturated heterocycles. The molecule has 0 bridgehead atoms. The summed E-state index contributed by atoms with van der Waals surface area (Å²) in [5.41, 5.74) is 2.67. The SMILES string of the molecule is CC(C)CC(NCc1ccccc1Br)c1ccccc1. The van der Waals surface area contributed by atoms with E-state index in [2.05, 4.69) is 89.7 Å². The Kier molecular flexibility index (Phi) is 5.81. The van der Waals surface area contributed by atoms with Crippen LogP contribution < -0.4 is 5.32 Å². The molecule has 1 N–H and O–H groups in total. The van der Waals surface area contributed by atoms with Crippen molar-refractivity contribution in [1.29, 1.82) is 0 Å². The minimum Gasteiger partial charge on any atom is -0.306 e. The Morgan fingerprint density at radius 2 is 1.60 bits per heavy atom. The van der Waals surface area contributed by atoms with Crippen molar-refractivity contribution in [3.63, 3.8) is 0 Å². The van der Waals surface area contributed by atoms with E-state index >= 15 is 0 Å². The summed E-state index contributed by atoms with van der Waals surface area (Å²) < 4.78 is 1.17. The number of halogens is 1. The van der Waals surface area contributed by atoms with Crippen LogP contribution in [-0.2, 0) is 6.54 Å². The van der Waals surface area contributed by atoms with Crippen LogP contribution in [0.25, 0.3) is 0 Å². The molecule has 0 aliphatic rings. The van der Waals surface area contributed by atoms with Gasteiger partial charge in [0.15, 0.2) is 0 Å². The van der Waals surface area contributed by atoms with Gasteiger partial charge in [0.2, 0.25) is 0 Å². The minimum atomic E-state index is 0.406. The summed E-state index contributed by atoms with van der Waals surface area (Å²) >= 11 is 3.61. The van der Waals surface area contributed by atoms with Gasteiger partial charge in [0.1, 0.15) is 0 Å². The summed E-state index contributed by atoms with van der Waals surface area (Å²) in [4.78, 5) is 0. The lowest BCUT2D eigenvalue weighted by molar-refractivity contribution is 0.428. The highest BCUT2D eigenvalue weighted by Crippen LogP contribution is 2.23. The van der Waals surface area contributed by atoms with Crippen LogP contribution in [0, 0.1) is 5.92 Å². The highest BCUT2D eigenvalue weighted by atomic mass is 79.9. The van der Waals surface area contributed by atoms with E-state index in [1.807, 2.05) is 0 Å². The largest absolute Gasteiger partial charge is 0.306 e. The molecule has 0 aliphatic carbocycles. The molecule has 20 heavy (non-hydrogen) atoms. The Morgan fingerprint density at radius 3 is 2.25 bits per heavy atom. The smallest absolute Gasteiger partial charge is 0.0325 e. The number of hydrogen-bond donors (Lipinski definition) is 1. The van der Waals surface area contributed by atoms with E-state index in [1.54, 1.807) is 0 Å². The Balaban J connectivity index is 2.07. The van der Waals surface area contributed by atoms with Crippen LogP contribution in [0.1, 0.15) is 37.4 Å². The van der Waals surface area contributed by atoms with Crippen molar-refractivity contribution in [3.8, 4) is 0 Å². The molecule has 0 heterocycles. The number of nitrogens with one attached hydrogen (secondary N) is 1. The molecule has 1 nitrogen and oxygen atoms in total. The maximum absolute atomic E-state index is 3.69. The summed E-state index contributed by atoms with van der Waals surface area (Å²) in [6, 6.07) is 19.5. The van der Waals surface area contributed by atoms with Crippen molar-refractivity contribution >= 4 is 15.9 Å². The van der Waals surface area contributed by atoms with Gasteiger partial charge in [0, 0.05) is 17.1 Å². The average Bonchev–Trinajstić information content (AvgIpc) is 2.45. The molecule has 2 aromatic carbocycles. The second kappa shape index (κ2) is 7.61. The zero-order valence-corrected chi connectivity index (χ0v) is 13.7. The van der Waals surface area contributed by atoms with Crippen LogP contribution in [0.4, 0.5) is 0 Å². The summed E-state index contributed by atoms with van der Waals surface area (Å²) in [6.45, 7) is 5.43. The fourth-order valence-electron chi connectivity index (χ4n) is 2.37. The van der Waals surface area contributed by atoms with Gasteiger partial charge in [0.05, 0.1) is 0 Å². The van der Waals surface area contributed by atoms with Crippen LogP contribution in [0.3, 0.4) is 0 Å². The summed E-state index contributed by atoms with van der Waals surface area (Å²) in [5.74, 6) is 0.673. The van der Waals surface area contributed by atoms with Crippen LogP contribution in [-0.4, -0.2) is 0 Å². The standard InChI is InChI=1S/C18H22BrN/c1-14(2)12-18(15-8-4-3-5-9-15)20-13-16-10-6-7-11-17(16)19/h3-11,14,18,20H,12-13H2,1-2H3. The van der Waals surface area contributed by atoms with E-state index in [0.717, 1.165) is 13.0 Å². The van der Waals surface area contributed by atoms with E-state index < -0.39 is 0 Å². The lowest BCUT2D eigenvalue weighted by Gasteiger charge is -2.21. The second-order valence-electron chi connectivity index (χ2n) is 5.57. The van der Waals surface area contributed by atoms with Gasteiger partial charge in [-0.1, -0.05) is 78.3 Å².